The van der Waals surface area contributed by atoms with Crippen LogP contribution in [0.2, 0.25) is 0 Å². The number of hydrogen-bond acceptors (Lipinski definition) is 5. The van der Waals surface area contributed by atoms with Crippen molar-refractivity contribution < 1.29 is 0 Å². The van der Waals surface area contributed by atoms with E-state index in [-0.39, 0.29) is 0 Å². The van der Waals surface area contributed by atoms with Crippen molar-refractivity contribution in [3.05, 3.63) is 0 Å². The smallest absolute Gasteiger partial charge is 0.209 e. The molecule has 0 aliphatic carbocycles. The lowest BCUT2D eigenvalue weighted by molar-refractivity contribution is 0.511. The van der Waals surface area contributed by atoms with Crippen molar-refractivity contribution in [2.45, 2.75) is 50.1 Å². The van der Waals surface area contributed by atoms with Gasteiger partial charge in [0.25, 0.3) is 0 Å². The molecule has 1 heterocycles. The quantitative estimate of drug-likeness (QED) is 0.735. The van der Waals surface area contributed by atoms with Gasteiger partial charge in [-0.15, -0.1) is 5.10 Å². The van der Waals surface area contributed by atoms with E-state index < -0.39 is 0 Å². The van der Waals surface area contributed by atoms with Crippen molar-refractivity contribution in [1.82, 2.24) is 25.5 Å². The van der Waals surface area contributed by atoms with E-state index in [0.29, 0.717) is 11.3 Å². The summed E-state index contributed by atoms with van der Waals surface area (Å²) in [6.07, 6.45) is 2.45. The Labute approximate surface area is 101 Å². The van der Waals surface area contributed by atoms with Gasteiger partial charge in [-0.1, -0.05) is 32.0 Å². The highest BCUT2D eigenvalue weighted by atomic mass is 32.2. The van der Waals surface area contributed by atoms with Gasteiger partial charge < -0.3 is 5.32 Å². The van der Waals surface area contributed by atoms with Crippen LogP contribution in [-0.2, 0) is 7.05 Å². The third kappa shape index (κ3) is 4.49. The second kappa shape index (κ2) is 6.85. The fourth-order valence-corrected chi connectivity index (χ4v) is 2.26. The van der Waals surface area contributed by atoms with E-state index in [9.17, 15) is 0 Å². The Morgan fingerprint density at radius 3 is 2.75 bits per heavy atom. The summed E-state index contributed by atoms with van der Waals surface area (Å²) in [7, 11) is 1.86. The van der Waals surface area contributed by atoms with Gasteiger partial charge in [-0.3, -0.25) is 0 Å². The van der Waals surface area contributed by atoms with Crippen molar-refractivity contribution in [2.24, 2.45) is 7.05 Å². The monoisotopic (exact) mass is 243 g/mol. The average Bonchev–Trinajstić information content (AvgIpc) is 2.62. The van der Waals surface area contributed by atoms with Crippen molar-refractivity contribution >= 4 is 11.8 Å². The largest absolute Gasteiger partial charge is 0.313 e. The van der Waals surface area contributed by atoms with Crippen LogP contribution in [-0.4, -0.2) is 38.0 Å². The Bertz CT molecular complexity index is 301. The van der Waals surface area contributed by atoms with Crippen LogP contribution >= 0.6 is 11.8 Å². The van der Waals surface area contributed by atoms with E-state index in [1.807, 2.05) is 7.05 Å². The van der Waals surface area contributed by atoms with Crippen molar-refractivity contribution in [2.75, 3.05) is 6.54 Å². The summed E-state index contributed by atoms with van der Waals surface area (Å²) in [5.74, 6) is 0. The second-order valence-corrected chi connectivity index (χ2v) is 5.52. The fraction of sp³-hybridized carbons (Fsp3) is 0.900. The van der Waals surface area contributed by atoms with Gasteiger partial charge in [-0.25, -0.2) is 4.68 Å². The van der Waals surface area contributed by atoms with Gasteiger partial charge in [0.2, 0.25) is 5.16 Å². The molecule has 0 spiro atoms. The maximum Gasteiger partial charge on any atom is 0.209 e. The van der Waals surface area contributed by atoms with Crippen LogP contribution in [0.5, 0.6) is 0 Å². The second-order valence-electron chi connectivity index (χ2n) is 4.11. The lowest BCUT2D eigenvalue weighted by Gasteiger charge is -2.16. The van der Waals surface area contributed by atoms with Crippen molar-refractivity contribution in [3.8, 4) is 0 Å². The zero-order valence-corrected chi connectivity index (χ0v) is 11.3. The first-order valence-corrected chi connectivity index (χ1v) is 6.63. The number of aromatic nitrogens is 4. The Morgan fingerprint density at radius 2 is 2.19 bits per heavy atom. The zero-order valence-electron chi connectivity index (χ0n) is 10.5. The molecule has 0 aliphatic heterocycles. The van der Waals surface area contributed by atoms with Crippen LogP contribution < -0.4 is 5.32 Å². The van der Waals surface area contributed by atoms with Gasteiger partial charge in [0, 0.05) is 24.9 Å². The van der Waals surface area contributed by atoms with E-state index in [1.54, 1.807) is 16.4 Å². The van der Waals surface area contributed by atoms with Crippen LogP contribution in [0.15, 0.2) is 5.16 Å². The summed E-state index contributed by atoms with van der Waals surface area (Å²) in [6.45, 7) is 7.61. The zero-order chi connectivity index (χ0) is 12.0. The maximum atomic E-state index is 3.96. The van der Waals surface area contributed by atoms with Crippen LogP contribution in [0.25, 0.3) is 0 Å². The van der Waals surface area contributed by atoms with Crippen LogP contribution in [0, 0.1) is 0 Å². The molecule has 0 amide bonds. The van der Waals surface area contributed by atoms with E-state index >= 15 is 0 Å². The summed E-state index contributed by atoms with van der Waals surface area (Å²) in [5, 5.41) is 16.3. The highest BCUT2D eigenvalue weighted by molar-refractivity contribution is 7.99. The van der Waals surface area contributed by atoms with Gasteiger partial charge in [-0.2, -0.15) is 0 Å². The normalized spacial score (nSPS) is 15.0. The standard InChI is InChI=1S/C10H21N5S/c1-5-6-8(2)11-7-9(3)16-10-12-13-14-15(10)4/h8-9,11H,5-7H2,1-4H3. The van der Waals surface area contributed by atoms with Crippen LogP contribution in [0.3, 0.4) is 0 Å². The molecule has 16 heavy (non-hydrogen) atoms. The molecule has 5 nitrogen and oxygen atoms in total. The molecule has 6 heteroatoms. The molecule has 2 atom stereocenters. The Balaban J connectivity index is 2.26. The molecular weight excluding hydrogens is 222 g/mol. The third-order valence-electron chi connectivity index (χ3n) is 2.36. The minimum absolute atomic E-state index is 0.476. The maximum absolute atomic E-state index is 3.96. The Kier molecular flexibility index (Phi) is 5.76. The molecule has 1 N–H and O–H groups in total. The van der Waals surface area contributed by atoms with Gasteiger partial charge >= 0.3 is 0 Å². The lowest BCUT2D eigenvalue weighted by Crippen LogP contribution is -2.31. The first-order chi connectivity index (χ1) is 7.63. The first-order valence-electron chi connectivity index (χ1n) is 5.75. The van der Waals surface area contributed by atoms with Gasteiger partial charge in [0.1, 0.15) is 0 Å². The summed E-state index contributed by atoms with van der Waals surface area (Å²) < 4.78 is 1.70. The summed E-state index contributed by atoms with van der Waals surface area (Å²) in [5.41, 5.74) is 0. The minimum atomic E-state index is 0.476. The number of nitrogens with one attached hydrogen (secondary N) is 1. The first kappa shape index (κ1) is 13.4. The average molecular weight is 243 g/mol. The summed E-state index contributed by atoms with van der Waals surface area (Å²) >= 11 is 1.70. The molecule has 0 fully saturated rings. The SMILES string of the molecule is CCCC(C)NCC(C)Sc1nnnn1C. The molecule has 92 valence electrons. The van der Waals surface area contributed by atoms with Crippen molar-refractivity contribution in [1.29, 1.82) is 0 Å². The third-order valence-corrected chi connectivity index (χ3v) is 3.49. The highest BCUT2D eigenvalue weighted by Gasteiger charge is 2.10. The number of aryl methyl sites for hydroxylation is 1. The van der Waals surface area contributed by atoms with Crippen LogP contribution in [0.1, 0.15) is 33.6 Å². The van der Waals surface area contributed by atoms with E-state index in [0.717, 1.165) is 11.7 Å². The highest BCUT2D eigenvalue weighted by Crippen LogP contribution is 2.18. The molecule has 1 aromatic rings. The molecule has 2 unspecified atom stereocenters. The topological polar surface area (TPSA) is 55.6 Å². The lowest BCUT2D eigenvalue weighted by atomic mass is 10.2. The number of nitrogens with zero attached hydrogens (tertiary/aromatic N) is 4. The molecule has 0 saturated heterocycles. The molecule has 0 aliphatic rings. The predicted molar refractivity (Wildman–Crippen MR) is 66.5 cm³/mol. The number of rotatable bonds is 7. The van der Waals surface area contributed by atoms with Gasteiger partial charge in [-0.05, 0) is 23.8 Å². The fourth-order valence-electron chi connectivity index (χ4n) is 1.44. The molecule has 1 rings (SSSR count). The number of tetrazole rings is 1. The van der Waals surface area contributed by atoms with Gasteiger partial charge in [0.15, 0.2) is 0 Å². The molecule has 0 aromatic carbocycles. The molecule has 1 aromatic heterocycles. The molecule has 0 bridgehead atoms. The Morgan fingerprint density at radius 1 is 1.44 bits per heavy atom. The van der Waals surface area contributed by atoms with E-state index in [2.05, 4.69) is 41.6 Å². The minimum Gasteiger partial charge on any atom is -0.313 e. The number of hydrogen-bond donors (Lipinski definition) is 1. The summed E-state index contributed by atoms with van der Waals surface area (Å²) in [6, 6.07) is 0.589. The van der Waals surface area contributed by atoms with Gasteiger partial charge in [0.05, 0.1) is 0 Å². The van der Waals surface area contributed by atoms with E-state index in [4.69, 9.17) is 0 Å². The number of thioether (sulfide) groups is 1. The van der Waals surface area contributed by atoms with Crippen LogP contribution in [0.4, 0.5) is 0 Å². The Hall–Kier alpha value is -0.620. The predicted octanol–water partition coefficient (Wildman–Crippen LogP) is 1.47. The molecule has 0 radical (unpaired) electrons. The van der Waals surface area contributed by atoms with Crippen molar-refractivity contribution in [3.63, 3.8) is 0 Å². The molecule has 0 saturated carbocycles. The van der Waals surface area contributed by atoms with E-state index in [1.165, 1.54) is 12.8 Å². The summed E-state index contributed by atoms with van der Waals surface area (Å²) in [4.78, 5) is 0. The molecular formula is C10H21N5S.